The molecule has 0 amide bonds. The molecule has 3 aliphatic rings. The second kappa shape index (κ2) is 4.38. The average molecular weight is 302 g/mol. The summed E-state index contributed by atoms with van der Waals surface area (Å²) in [7, 11) is 0. The van der Waals surface area contributed by atoms with E-state index in [1.54, 1.807) is 6.20 Å². The third-order valence-corrected chi connectivity index (χ3v) is 5.27. The van der Waals surface area contributed by atoms with Crippen molar-refractivity contribution in [2.24, 2.45) is 16.1 Å². The lowest BCUT2D eigenvalue weighted by Gasteiger charge is -2.20. The summed E-state index contributed by atoms with van der Waals surface area (Å²) in [6.07, 6.45) is 7.54. The number of benzene rings is 2. The Bertz CT molecular complexity index is 1060. The molecule has 2 aromatic carbocycles. The van der Waals surface area contributed by atoms with Gasteiger partial charge < -0.3 is 5.11 Å². The third kappa shape index (κ3) is 1.69. The van der Waals surface area contributed by atoms with Crippen molar-refractivity contribution < 1.29 is 9.90 Å². The summed E-state index contributed by atoms with van der Waals surface area (Å²) in [5, 5.41) is 22.1. The normalized spacial score (nSPS) is 23.6. The van der Waals surface area contributed by atoms with Gasteiger partial charge in [-0.05, 0) is 52.1 Å². The van der Waals surface area contributed by atoms with E-state index < -0.39 is 5.97 Å². The van der Waals surface area contributed by atoms with Crippen molar-refractivity contribution in [3.8, 4) is 0 Å². The first-order chi connectivity index (χ1) is 11.2. The molecule has 1 aliphatic heterocycles. The largest absolute Gasteiger partial charge is 0.481 e. The Morgan fingerprint density at radius 2 is 2.09 bits per heavy atom. The fourth-order valence-corrected chi connectivity index (χ4v) is 4.17. The zero-order valence-electron chi connectivity index (χ0n) is 12.4. The highest BCUT2D eigenvalue weighted by Gasteiger charge is 2.37. The molecule has 2 unspecified atom stereocenters. The number of hydrogen-bond acceptors (Lipinski definition) is 3. The molecule has 4 heteroatoms. The van der Waals surface area contributed by atoms with Gasteiger partial charge in [0.1, 0.15) is 0 Å². The quantitative estimate of drug-likeness (QED) is 0.880. The molecule has 2 atom stereocenters. The molecule has 0 aromatic heterocycles. The van der Waals surface area contributed by atoms with Crippen molar-refractivity contribution in [1.29, 1.82) is 0 Å². The van der Waals surface area contributed by atoms with Gasteiger partial charge in [-0.15, -0.1) is 0 Å². The number of carboxylic acids is 1. The maximum atomic E-state index is 11.4. The monoisotopic (exact) mass is 302 g/mol. The van der Waals surface area contributed by atoms with Crippen LogP contribution in [0.25, 0.3) is 23.0 Å². The fourth-order valence-electron chi connectivity index (χ4n) is 4.17. The smallest absolute Gasteiger partial charge is 0.310 e. The fraction of sp³-hybridized carbons (Fsp3) is 0.211. The van der Waals surface area contributed by atoms with Gasteiger partial charge in [0.2, 0.25) is 0 Å². The minimum Gasteiger partial charge on any atom is -0.481 e. The van der Waals surface area contributed by atoms with Crippen molar-refractivity contribution in [1.82, 2.24) is 0 Å². The number of hydrogen-bond donors (Lipinski definition) is 1. The van der Waals surface area contributed by atoms with Gasteiger partial charge in [0, 0.05) is 11.1 Å². The third-order valence-electron chi connectivity index (χ3n) is 5.27. The summed E-state index contributed by atoms with van der Waals surface area (Å²) in [6.45, 7) is 0. The summed E-state index contributed by atoms with van der Waals surface area (Å²) in [4.78, 5) is 11.4. The van der Waals surface area contributed by atoms with Gasteiger partial charge in [-0.25, -0.2) is 0 Å². The summed E-state index contributed by atoms with van der Waals surface area (Å²) >= 11 is 0. The number of rotatable bonds is 1. The van der Waals surface area contributed by atoms with Crippen LogP contribution in [0.4, 0.5) is 5.69 Å². The van der Waals surface area contributed by atoms with Gasteiger partial charge in [-0.1, -0.05) is 24.3 Å². The molecule has 0 bridgehead atoms. The number of aliphatic carboxylic acids is 1. The van der Waals surface area contributed by atoms with Crippen molar-refractivity contribution in [3.05, 3.63) is 51.9 Å². The summed E-state index contributed by atoms with van der Waals surface area (Å²) in [6, 6.07) is 8.48. The minimum absolute atomic E-state index is 0.243. The number of carboxylic acid groups (broad SMARTS) is 1. The van der Waals surface area contributed by atoms with Crippen LogP contribution in [0.3, 0.4) is 0 Å². The number of azo groups is 1. The predicted octanol–water partition coefficient (Wildman–Crippen LogP) is 2.97. The van der Waals surface area contributed by atoms with E-state index >= 15 is 0 Å². The second-order valence-corrected chi connectivity index (χ2v) is 6.40. The Hall–Kier alpha value is -2.75. The first kappa shape index (κ1) is 12.8. The van der Waals surface area contributed by atoms with Crippen LogP contribution in [0.5, 0.6) is 0 Å². The van der Waals surface area contributed by atoms with Crippen LogP contribution in [-0.2, 0) is 4.79 Å². The summed E-state index contributed by atoms with van der Waals surface area (Å²) < 4.78 is 0. The number of allylic oxidation sites excluding steroid dienone is 1. The van der Waals surface area contributed by atoms with Gasteiger partial charge in [-0.2, -0.15) is 10.2 Å². The lowest BCUT2D eigenvalue weighted by Crippen LogP contribution is -2.21. The van der Waals surface area contributed by atoms with Crippen LogP contribution in [0.15, 0.2) is 46.1 Å². The van der Waals surface area contributed by atoms with E-state index in [-0.39, 0.29) is 11.8 Å². The molecule has 1 N–H and O–H groups in total. The van der Waals surface area contributed by atoms with Crippen LogP contribution < -0.4 is 10.4 Å². The molecule has 5 rings (SSSR count). The average Bonchev–Trinajstić information content (AvgIpc) is 3.18. The van der Waals surface area contributed by atoms with Crippen molar-refractivity contribution in [2.75, 3.05) is 0 Å². The van der Waals surface area contributed by atoms with Crippen LogP contribution in [0.2, 0.25) is 0 Å². The summed E-state index contributed by atoms with van der Waals surface area (Å²) in [5.74, 6) is -0.787. The van der Waals surface area contributed by atoms with Crippen LogP contribution in [0, 0.1) is 5.92 Å². The molecule has 4 nitrogen and oxygen atoms in total. The van der Waals surface area contributed by atoms with Crippen LogP contribution >= 0.6 is 0 Å². The molecular weight excluding hydrogens is 288 g/mol. The molecule has 1 fully saturated rings. The zero-order chi connectivity index (χ0) is 15.6. The molecule has 112 valence electrons. The summed E-state index contributed by atoms with van der Waals surface area (Å²) in [5.41, 5.74) is 3.23. The number of carbonyl (C=O) groups is 1. The topological polar surface area (TPSA) is 62.0 Å². The second-order valence-electron chi connectivity index (χ2n) is 6.40. The van der Waals surface area contributed by atoms with E-state index in [0.717, 1.165) is 34.7 Å². The van der Waals surface area contributed by atoms with E-state index in [1.807, 2.05) is 6.08 Å². The lowest BCUT2D eigenvalue weighted by atomic mass is 9.84. The van der Waals surface area contributed by atoms with Crippen molar-refractivity contribution >= 4 is 34.7 Å². The molecule has 2 aromatic rings. The molecule has 0 spiro atoms. The lowest BCUT2D eigenvalue weighted by molar-refractivity contribution is -0.140. The van der Waals surface area contributed by atoms with E-state index in [0.29, 0.717) is 0 Å². The Morgan fingerprint density at radius 3 is 2.96 bits per heavy atom. The first-order valence-electron chi connectivity index (χ1n) is 7.85. The van der Waals surface area contributed by atoms with Crippen LogP contribution in [-0.4, -0.2) is 11.1 Å². The van der Waals surface area contributed by atoms with Gasteiger partial charge in [0.25, 0.3) is 0 Å². The van der Waals surface area contributed by atoms with Gasteiger partial charge in [0.15, 0.2) is 0 Å². The highest BCUT2D eigenvalue weighted by Crippen LogP contribution is 2.44. The van der Waals surface area contributed by atoms with Crippen molar-refractivity contribution in [2.45, 2.75) is 18.8 Å². The van der Waals surface area contributed by atoms with E-state index in [4.69, 9.17) is 0 Å². The first-order valence-corrected chi connectivity index (χ1v) is 7.85. The maximum absolute atomic E-state index is 11.4. The SMILES string of the molecule is O=C(O)C1CCC2C1=CC=c1c2ccc2cc3c(cc12)=CN=N3. The Balaban J connectivity index is 1.79. The van der Waals surface area contributed by atoms with Gasteiger partial charge in [0.05, 0.1) is 17.8 Å². The molecule has 23 heavy (non-hydrogen) atoms. The predicted molar refractivity (Wildman–Crippen MR) is 87.8 cm³/mol. The number of nitrogens with zero attached hydrogens (tertiary/aromatic N) is 2. The Labute approximate surface area is 132 Å². The highest BCUT2D eigenvalue weighted by molar-refractivity contribution is 5.89. The highest BCUT2D eigenvalue weighted by atomic mass is 16.4. The molecule has 1 saturated carbocycles. The zero-order valence-corrected chi connectivity index (χ0v) is 12.4. The van der Waals surface area contributed by atoms with Crippen LogP contribution in [0.1, 0.15) is 24.3 Å². The van der Waals surface area contributed by atoms with E-state index in [2.05, 4.69) is 40.6 Å². The van der Waals surface area contributed by atoms with E-state index in [1.165, 1.54) is 16.2 Å². The molecule has 0 radical (unpaired) electrons. The molecule has 1 heterocycles. The molecule has 2 aliphatic carbocycles. The molecule has 0 saturated heterocycles. The minimum atomic E-state index is -0.702. The van der Waals surface area contributed by atoms with Gasteiger partial charge in [-0.3, -0.25) is 4.79 Å². The molecular formula is C19H14N2O2. The van der Waals surface area contributed by atoms with Crippen molar-refractivity contribution in [3.63, 3.8) is 0 Å². The number of fused-ring (bicyclic) bond motifs is 6. The maximum Gasteiger partial charge on any atom is 0.310 e. The standard InChI is InChI=1S/C19H14N2O2/c22-19(23)16-6-5-13-12-2-1-10-8-18-11(9-20-21-18)7-17(10)15(12)4-3-14(13)16/h1-4,7-9,13,16H,5-6H2,(H,22,23). The Morgan fingerprint density at radius 1 is 1.17 bits per heavy atom. The Kier molecular flexibility index (Phi) is 2.43. The van der Waals surface area contributed by atoms with Gasteiger partial charge >= 0.3 is 5.97 Å². The van der Waals surface area contributed by atoms with E-state index in [9.17, 15) is 9.90 Å².